The molecule has 0 spiro atoms. The van der Waals surface area contributed by atoms with Crippen molar-refractivity contribution in [2.45, 2.75) is 73.3 Å². The van der Waals surface area contributed by atoms with Crippen molar-refractivity contribution in [2.24, 2.45) is 17.8 Å². The average Bonchev–Trinajstić information content (AvgIpc) is 2.72. The molecule has 0 saturated carbocycles. The van der Waals surface area contributed by atoms with Gasteiger partial charge in [-0.3, -0.25) is 4.79 Å². The Bertz CT molecular complexity index is 417. The minimum Gasteiger partial charge on any atom is -0.462 e. The van der Waals surface area contributed by atoms with Crippen LogP contribution in [0.5, 0.6) is 0 Å². The van der Waals surface area contributed by atoms with Crippen molar-refractivity contribution < 1.29 is 9.53 Å². The predicted octanol–water partition coefficient (Wildman–Crippen LogP) is 5.29. The van der Waals surface area contributed by atoms with Gasteiger partial charge >= 0.3 is 5.97 Å². The summed E-state index contributed by atoms with van der Waals surface area (Å²) in [5, 5.41) is 0. The van der Waals surface area contributed by atoms with Crippen molar-refractivity contribution in [3.8, 4) is 0 Å². The molecule has 3 atom stereocenters. The van der Waals surface area contributed by atoms with E-state index in [1.807, 2.05) is 20.8 Å². The summed E-state index contributed by atoms with van der Waals surface area (Å²) >= 11 is 0. The van der Waals surface area contributed by atoms with Gasteiger partial charge in [-0.25, -0.2) is 0 Å². The summed E-state index contributed by atoms with van der Waals surface area (Å²) in [6.45, 7) is 16.6. The Morgan fingerprint density at radius 1 is 1.38 bits per heavy atom. The van der Waals surface area contributed by atoms with Crippen LogP contribution < -0.4 is 0 Å². The lowest BCUT2D eigenvalue weighted by molar-refractivity contribution is -0.152. The van der Waals surface area contributed by atoms with Crippen molar-refractivity contribution >= 4 is 5.97 Å². The molecule has 0 saturated heterocycles. The number of esters is 1. The lowest BCUT2D eigenvalue weighted by Crippen LogP contribution is -2.19. The maximum Gasteiger partial charge on any atom is 0.308 e. The highest BCUT2D eigenvalue weighted by atomic mass is 16.5. The number of hydrogen-bond donors (Lipinski definition) is 0. The minimum atomic E-state index is -0.0949. The molecule has 0 fully saturated rings. The third kappa shape index (κ3) is 4.72. The summed E-state index contributed by atoms with van der Waals surface area (Å²) < 4.78 is 5.47. The fourth-order valence-corrected chi connectivity index (χ4v) is 3.24. The largest absolute Gasteiger partial charge is 0.462 e. The maximum absolute atomic E-state index is 11.6. The maximum atomic E-state index is 11.6. The Hall–Kier alpha value is -1.05. The van der Waals surface area contributed by atoms with Gasteiger partial charge in [0.25, 0.3) is 0 Å². The first-order valence-corrected chi connectivity index (χ1v) is 8.33. The first kappa shape index (κ1) is 18.0. The van der Waals surface area contributed by atoms with Gasteiger partial charge in [0, 0.05) is 5.92 Å². The molecule has 0 aromatic heterocycles. The van der Waals surface area contributed by atoms with E-state index in [0.717, 1.165) is 12.8 Å². The zero-order valence-corrected chi connectivity index (χ0v) is 14.7. The van der Waals surface area contributed by atoms with Gasteiger partial charge in [0.2, 0.25) is 0 Å². The highest BCUT2D eigenvalue weighted by Gasteiger charge is 2.30. The van der Waals surface area contributed by atoms with Gasteiger partial charge in [-0.1, -0.05) is 44.1 Å². The quantitative estimate of drug-likeness (QED) is 0.470. The van der Waals surface area contributed by atoms with Gasteiger partial charge in [0.15, 0.2) is 0 Å². The smallest absolute Gasteiger partial charge is 0.308 e. The van der Waals surface area contributed by atoms with E-state index in [0.29, 0.717) is 11.8 Å². The zero-order chi connectivity index (χ0) is 16.2. The summed E-state index contributed by atoms with van der Waals surface area (Å²) in [6, 6.07) is 0. The van der Waals surface area contributed by atoms with Crippen LogP contribution in [0.3, 0.4) is 0 Å². The fraction of sp³-hybridized carbons (Fsp3) is 0.737. The predicted molar refractivity (Wildman–Crippen MR) is 89.0 cm³/mol. The van der Waals surface area contributed by atoms with Crippen molar-refractivity contribution in [1.82, 2.24) is 0 Å². The Kier molecular flexibility index (Phi) is 6.70. The standard InChI is InChI=1S/C19H32O2/c1-8-16-11-18(12(2)3)17(15(16)7)10-9-14(6)21-19(20)13(4)5/h13-14,16,18H,2,8-11H2,1,3-7H3. The van der Waals surface area contributed by atoms with Crippen LogP contribution in [0.15, 0.2) is 23.3 Å². The lowest BCUT2D eigenvalue weighted by atomic mass is 9.90. The molecule has 0 bridgehead atoms. The topological polar surface area (TPSA) is 26.3 Å². The molecule has 0 N–H and O–H groups in total. The van der Waals surface area contributed by atoms with E-state index in [-0.39, 0.29) is 18.0 Å². The third-order valence-electron chi connectivity index (χ3n) is 4.76. The Labute approximate surface area is 130 Å². The number of hydrogen-bond acceptors (Lipinski definition) is 2. The number of carbonyl (C=O) groups excluding carboxylic acids is 1. The van der Waals surface area contributed by atoms with Crippen molar-refractivity contribution in [2.75, 3.05) is 0 Å². The van der Waals surface area contributed by atoms with Crippen molar-refractivity contribution in [3.05, 3.63) is 23.3 Å². The Morgan fingerprint density at radius 3 is 2.48 bits per heavy atom. The lowest BCUT2D eigenvalue weighted by Gasteiger charge is -2.19. The molecule has 1 rings (SSSR count). The van der Waals surface area contributed by atoms with Crippen LogP contribution in [0.1, 0.15) is 67.2 Å². The molecule has 0 aromatic rings. The number of rotatable bonds is 7. The van der Waals surface area contributed by atoms with Crippen LogP contribution >= 0.6 is 0 Å². The van der Waals surface area contributed by atoms with E-state index in [4.69, 9.17) is 4.74 Å². The van der Waals surface area contributed by atoms with Crippen LogP contribution in [-0.4, -0.2) is 12.1 Å². The summed E-state index contributed by atoms with van der Waals surface area (Å²) in [6.07, 6.45) is 4.34. The molecule has 0 radical (unpaired) electrons. The van der Waals surface area contributed by atoms with Crippen LogP contribution in [0.2, 0.25) is 0 Å². The Morgan fingerprint density at radius 2 is 2.00 bits per heavy atom. The molecule has 1 aliphatic carbocycles. The first-order chi connectivity index (χ1) is 9.77. The van der Waals surface area contributed by atoms with E-state index in [2.05, 4.69) is 27.4 Å². The summed E-state index contributed by atoms with van der Waals surface area (Å²) in [4.78, 5) is 11.6. The molecule has 2 nitrogen and oxygen atoms in total. The monoisotopic (exact) mass is 292 g/mol. The van der Waals surface area contributed by atoms with Crippen LogP contribution in [0.25, 0.3) is 0 Å². The van der Waals surface area contributed by atoms with Crippen LogP contribution in [-0.2, 0) is 9.53 Å². The number of allylic oxidation sites excluding steroid dienone is 3. The average molecular weight is 292 g/mol. The molecule has 0 aromatic carbocycles. The molecule has 0 aliphatic heterocycles. The van der Waals surface area contributed by atoms with E-state index in [1.54, 1.807) is 11.1 Å². The number of ether oxygens (including phenoxy) is 1. The minimum absolute atomic E-state index is 0.00773. The highest BCUT2D eigenvalue weighted by Crippen LogP contribution is 2.43. The molecular weight excluding hydrogens is 260 g/mol. The number of carbonyl (C=O) groups is 1. The van der Waals surface area contributed by atoms with Gasteiger partial charge in [-0.05, 0) is 52.4 Å². The molecule has 3 unspecified atom stereocenters. The zero-order valence-electron chi connectivity index (χ0n) is 14.7. The van der Waals surface area contributed by atoms with E-state index < -0.39 is 0 Å². The van der Waals surface area contributed by atoms with E-state index in [9.17, 15) is 4.79 Å². The van der Waals surface area contributed by atoms with E-state index in [1.165, 1.54) is 18.4 Å². The second kappa shape index (κ2) is 7.82. The van der Waals surface area contributed by atoms with Gasteiger partial charge in [0.05, 0.1) is 12.0 Å². The molecule has 0 amide bonds. The van der Waals surface area contributed by atoms with Crippen molar-refractivity contribution in [1.29, 1.82) is 0 Å². The van der Waals surface area contributed by atoms with Gasteiger partial charge in [-0.2, -0.15) is 0 Å². The summed E-state index contributed by atoms with van der Waals surface area (Å²) in [5.41, 5.74) is 4.36. The molecule has 1 aliphatic rings. The van der Waals surface area contributed by atoms with Gasteiger partial charge < -0.3 is 4.74 Å². The van der Waals surface area contributed by atoms with Gasteiger partial charge in [-0.15, -0.1) is 0 Å². The van der Waals surface area contributed by atoms with E-state index >= 15 is 0 Å². The highest BCUT2D eigenvalue weighted by molar-refractivity contribution is 5.71. The molecule has 0 heterocycles. The van der Waals surface area contributed by atoms with Crippen LogP contribution in [0.4, 0.5) is 0 Å². The van der Waals surface area contributed by atoms with Gasteiger partial charge in [0.1, 0.15) is 0 Å². The SMILES string of the molecule is C=C(C)C1CC(CC)C(C)=C1CCC(C)OC(=O)C(C)C. The second-order valence-electron chi connectivity index (χ2n) is 6.89. The normalized spacial score (nSPS) is 23.6. The molecule has 120 valence electrons. The molecule has 2 heteroatoms. The third-order valence-corrected chi connectivity index (χ3v) is 4.76. The van der Waals surface area contributed by atoms with Crippen molar-refractivity contribution in [3.63, 3.8) is 0 Å². The van der Waals surface area contributed by atoms with Crippen LogP contribution in [0, 0.1) is 17.8 Å². The second-order valence-corrected chi connectivity index (χ2v) is 6.89. The molecular formula is C19H32O2. The summed E-state index contributed by atoms with van der Waals surface area (Å²) in [5.74, 6) is 1.09. The first-order valence-electron chi connectivity index (χ1n) is 8.33. The summed E-state index contributed by atoms with van der Waals surface area (Å²) in [7, 11) is 0. The Balaban J connectivity index is 2.64. The fourth-order valence-electron chi connectivity index (χ4n) is 3.24. The molecule has 21 heavy (non-hydrogen) atoms.